The minimum atomic E-state index is -0.0657. The summed E-state index contributed by atoms with van der Waals surface area (Å²) in [6.45, 7) is 4.28. The maximum atomic E-state index is 11.8. The first-order chi connectivity index (χ1) is 10.6. The van der Waals surface area contributed by atoms with E-state index in [0.717, 1.165) is 16.8 Å². The van der Waals surface area contributed by atoms with Gasteiger partial charge in [0.15, 0.2) is 17.3 Å². The van der Waals surface area contributed by atoms with Crippen LogP contribution in [0.5, 0.6) is 11.5 Å². The number of ether oxygens (including phenoxy) is 1. The first kappa shape index (κ1) is 14.8. The Balaban J connectivity index is 2.05. The van der Waals surface area contributed by atoms with E-state index in [0.29, 0.717) is 23.9 Å². The molecule has 3 N–H and O–H groups in total. The molecule has 7 heteroatoms. The highest BCUT2D eigenvalue weighted by Gasteiger charge is 2.28. The van der Waals surface area contributed by atoms with Gasteiger partial charge in [0, 0.05) is 11.3 Å². The number of nitrogens with zero attached hydrogens (tertiary/aromatic N) is 1. The number of phenolic OH excluding ortho intramolecular Hbond substituents is 1. The summed E-state index contributed by atoms with van der Waals surface area (Å²) in [4.78, 5) is 11.8. The molecule has 0 fully saturated rings. The summed E-state index contributed by atoms with van der Waals surface area (Å²) in [6.07, 6.45) is 0. The molecule has 3 rings (SSSR count). The van der Waals surface area contributed by atoms with Crippen LogP contribution in [0.1, 0.15) is 29.0 Å². The highest BCUT2D eigenvalue weighted by Crippen LogP contribution is 2.44. The van der Waals surface area contributed by atoms with Crippen LogP contribution in [-0.2, 0) is 4.79 Å². The molecule has 0 radical (unpaired) electrons. The van der Waals surface area contributed by atoms with E-state index >= 15 is 0 Å². The smallest absolute Gasteiger partial charge is 0.235 e. The molecule has 1 amide bonds. The molecular weight excluding hydrogens is 302 g/mol. The van der Waals surface area contributed by atoms with Crippen LogP contribution >= 0.6 is 11.8 Å². The van der Waals surface area contributed by atoms with Crippen molar-refractivity contribution in [3.8, 4) is 11.5 Å². The van der Waals surface area contributed by atoms with Gasteiger partial charge in [-0.3, -0.25) is 9.89 Å². The number of nitrogens with one attached hydrogen (secondary N) is 2. The SMILES string of the molecule is CCOc1cc([C@@H]2SCC(=O)Nc3n[nH]c(C)c32)ccc1O. The number of aromatic amines is 1. The molecule has 0 aliphatic carbocycles. The van der Waals surface area contributed by atoms with Crippen LogP contribution < -0.4 is 10.1 Å². The van der Waals surface area contributed by atoms with Crippen LogP contribution in [0, 0.1) is 6.92 Å². The maximum absolute atomic E-state index is 11.8. The number of aromatic nitrogens is 2. The number of thioether (sulfide) groups is 1. The van der Waals surface area contributed by atoms with Gasteiger partial charge >= 0.3 is 0 Å². The number of hydrogen-bond donors (Lipinski definition) is 3. The van der Waals surface area contributed by atoms with E-state index in [1.165, 1.54) is 11.8 Å². The second kappa shape index (κ2) is 5.92. The Morgan fingerprint density at radius 3 is 3.09 bits per heavy atom. The number of hydrogen-bond acceptors (Lipinski definition) is 5. The summed E-state index contributed by atoms with van der Waals surface area (Å²) in [5.41, 5.74) is 2.85. The summed E-state index contributed by atoms with van der Waals surface area (Å²) < 4.78 is 5.45. The standard InChI is InChI=1S/C15H17N3O3S/c1-3-21-11-6-9(4-5-10(11)19)14-13-8(2)17-18-15(13)16-12(20)7-22-14/h4-6,14,19H,3,7H2,1-2H3,(H2,16,17,18,20)/t14-/m0/s1. The van der Waals surface area contributed by atoms with Crippen molar-refractivity contribution < 1.29 is 14.6 Å². The molecular formula is C15H17N3O3S. The molecule has 0 unspecified atom stereocenters. The zero-order valence-corrected chi connectivity index (χ0v) is 13.2. The van der Waals surface area contributed by atoms with Gasteiger partial charge in [-0.15, -0.1) is 11.8 Å². The van der Waals surface area contributed by atoms with Gasteiger partial charge in [0.25, 0.3) is 0 Å². The fraction of sp³-hybridized carbons (Fsp3) is 0.333. The number of anilines is 1. The van der Waals surface area contributed by atoms with Crippen LogP contribution in [-0.4, -0.2) is 33.6 Å². The predicted octanol–water partition coefficient (Wildman–Crippen LogP) is 2.60. The molecule has 1 aliphatic heterocycles. The highest BCUT2D eigenvalue weighted by molar-refractivity contribution is 8.00. The molecule has 22 heavy (non-hydrogen) atoms. The third-order valence-corrected chi connectivity index (χ3v) is 4.75. The number of fused-ring (bicyclic) bond motifs is 1. The second-order valence-electron chi connectivity index (χ2n) is 5.01. The number of benzene rings is 1. The number of phenols is 1. The summed E-state index contributed by atoms with van der Waals surface area (Å²) in [7, 11) is 0. The molecule has 1 aromatic heterocycles. The van der Waals surface area contributed by atoms with Crippen molar-refractivity contribution in [2.24, 2.45) is 0 Å². The van der Waals surface area contributed by atoms with Gasteiger partial charge in [0.2, 0.25) is 5.91 Å². The number of aryl methyl sites for hydroxylation is 1. The molecule has 2 aromatic rings. The first-order valence-electron chi connectivity index (χ1n) is 7.02. The van der Waals surface area contributed by atoms with Gasteiger partial charge < -0.3 is 15.2 Å². The summed E-state index contributed by atoms with van der Waals surface area (Å²) in [5.74, 6) is 1.42. The highest BCUT2D eigenvalue weighted by atomic mass is 32.2. The average molecular weight is 319 g/mol. The number of aromatic hydroxyl groups is 1. The van der Waals surface area contributed by atoms with Gasteiger partial charge in [-0.25, -0.2) is 0 Å². The van der Waals surface area contributed by atoms with Crippen molar-refractivity contribution in [2.75, 3.05) is 17.7 Å². The van der Waals surface area contributed by atoms with Crippen molar-refractivity contribution in [1.29, 1.82) is 0 Å². The zero-order chi connectivity index (χ0) is 15.7. The van der Waals surface area contributed by atoms with E-state index in [9.17, 15) is 9.90 Å². The van der Waals surface area contributed by atoms with Crippen molar-refractivity contribution in [3.05, 3.63) is 35.0 Å². The van der Waals surface area contributed by atoms with E-state index in [1.54, 1.807) is 6.07 Å². The Labute approximate surface area is 132 Å². The quantitative estimate of drug-likeness (QED) is 0.809. The Morgan fingerprint density at radius 1 is 1.50 bits per heavy atom. The maximum Gasteiger partial charge on any atom is 0.235 e. The largest absolute Gasteiger partial charge is 0.504 e. The minimum Gasteiger partial charge on any atom is -0.504 e. The summed E-state index contributed by atoms with van der Waals surface area (Å²) >= 11 is 1.53. The molecule has 6 nitrogen and oxygen atoms in total. The predicted molar refractivity (Wildman–Crippen MR) is 85.5 cm³/mol. The van der Waals surface area contributed by atoms with E-state index in [1.807, 2.05) is 26.0 Å². The lowest BCUT2D eigenvalue weighted by atomic mass is 10.0. The summed E-state index contributed by atoms with van der Waals surface area (Å²) in [5, 5.41) is 19.7. The third-order valence-electron chi connectivity index (χ3n) is 3.48. The monoisotopic (exact) mass is 319 g/mol. The Hall–Kier alpha value is -2.15. The van der Waals surface area contributed by atoms with Crippen molar-refractivity contribution in [3.63, 3.8) is 0 Å². The van der Waals surface area contributed by atoms with Crippen molar-refractivity contribution >= 4 is 23.5 Å². The van der Waals surface area contributed by atoms with Gasteiger partial charge in [-0.2, -0.15) is 5.10 Å². The van der Waals surface area contributed by atoms with Gasteiger partial charge in [-0.05, 0) is 31.5 Å². The molecule has 1 aromatic carbocycles. The lowest BCUT2D eigenvalue weighted by Gasteiger charge is -2.17. The first-order valence-corrected chi connectivity index (χ1v) is 8.07. The molecule has 1 aliphatic rings. The van der Waals surface area contributed by atoms with Crippen LogP contribution in [0.15, 0.2) is 18.2 Å². The molecule has 0 saturated heterocycles. The van der Waals surface area contributed by atoms with E-state index in [-0.39, 0.29) is 16.9 Å². The van der Waals surface area contributed by atoms with Crippen molar-refractivity contribution in [2.45, 2.75) is 19.1 Å². The van der Waals surface area contributed by atoms with E-state index < -0.39 is 0 Å². The Bertz CT molecular complexity index is 714. The van der Waals surface area contributed by atoms with Gasteiger partial charge in [0.1, 0.15) is 0 Å². The number of amides is 1. The van der Waals surface area contributed by atoms with Crippen molar-refractivity contribution in [1.82, 2.24) is 10.2 Å². The molecule has 2 heterocycles. The fourth-order valence-corrected chi connectivity index (χ4v) is 3.68. The topological polar surface area (TPSA) is 87.2 Å². The van der Waals surface area contributed by atoms with Gasteiger partial charge in [0.05, 0.1) is 17.6 Å². The molecule has 0 bridgehead atoms. The third kappa shape index (κ3) is 2.64. The molecule has 116 valence electrons. The minimum absolute atomic E-state index is 0.0486. The lowest BCUT2D eigenvalue weighted by molar-refractivity contribution is -0.113. The number of H-pyrrole nitrogens is 1. The van der Waals surface area contributed by atoms with Crippen LogP contribution in [0.3, 0.4) is 0 Å². The molecule has 0 spiro atoms. The summed E-state index contributed by atoms with van der Waals surface area (Å²) in [6, 6.07) is 5.29. The van der Waals surface area contributed by atoms with E-state index in [2.05, 4.69) is 15.5 Å². The van der Waals surface area contributed by atoms with Crippen LogP contribution in [0.25, 0.3) is 0 Å². The second-order valence-corrected chi connectivity index (χ2v) is 6.10. The average Bonchev–Trinajstić information content (AvgIpc) is 2.75. The fourth-order valence-electron chi connectivity index (χ4n) is 2.49. The Morgan fingerprint density at radius 2 is 2.32 bits per heavy atom. The zero-order valence-electron chi connectivity index (χ0n) is 12.3. The number of rotatable bonds is 3. The van der Waals surface area contributed by atoms with Crippen LogP contribution in [0.4, 0.5) is 5.82 Å². The van der Waals surface area contributed by atoms with Crippen LogP contribution in [0.2, 0.25) is 0 Å². The van der Waals surface area contributed by atoms with Gasteiger partial charge in [-0.1, -0.05) is 6.07 Å². The normalized spacial score (nSPS) is 17.5. The number of carbonyl (C=O) groups is 1. The molecule has 0 saturated carbocycles. The van der Waals surface area contributed by atoms with E-state index in [4.69, 9.17) is 4.74 Å². The number of carbonyl (C=O) groups excluding carboxylic acids is 1. The molecule has 1 atom stereocenters. The lowest BCUT2D eigenvalue weighted by Crippen LogP contribution is -2.12. The Kier molecular flexibility index (Phi) is 3.98.